The van der Waals surface area contributed by atoms with E-state index in [-0.39, 0.29) is 0 Å². The highest BCUT2D eigenvalue weighted by atomic mass is 32.1. The van der Waals surface area contributed by atoms with Crippen molar-refractivity contribution in [1.82, 2.24) is 20.6 Å². The van der Waals surface area contributed by atoms with E-state index in [2.05, 4.69) is 32.5 Å². The van der Waals surface area contributed by atoms with E-state index in [0.29, 0.717) is 24.9 Å². The van der Waals surface area contributed by atoms with Gasteiger partial charge in [-0.3, -0.25) is 4.99 Å². The lowest BCUT2D eigenvalue weighted by Gasteiger charge is -2.09. The second kappa shape index (κ2) is 7.94. The average molecular weight is 355 g/mol. The third kappa shape index (κ3) is 4.45. The van der Waals surface area contributed by atoms with Crippen LogP contribution in [0.2, 0.25) is 0 Å². The number of aliphatic imine (C=N–C) groups is 1. The van der Waals surface area contributed by atoms with Gasteiger partial charge in [0.05, 0.1) is 24.5 Å². The van der Waals surface area contributed by atoms with Gasteiger partial charge in [-0.25, -0.2) is 9.97 Å². The van der Waals surface area contributed by atoms with Crippen molar-refractivity contribution in [2.45, 2.75) is 26.9 Å². The zero-order valence-electron chi connectivity index (χ0n) is 14.5. The SMILES string of the molecule is CN=C(NCc1coc(-c2ccccc2)n1)NCc1nc(C)c(C)s1. The molecule has 0 saturated heterocycles. The molecule has 0 aliphatic heterocycles. The maximum Gasteiger partial charge on any atom is 0.226 e. The second-order valence-electron chi connectivity index (χ2n) is 5.54. The first-order chi connectivity index (χ1) is 12.2. The highest BCUT2D eigenvalue weighted by molar-refractivity contribution is 7.11. The molecule has 1 aromatic carbocycles. The Labute approximate surface area is 151 Å². The van der Waals surface area contributed by atoms with Gasteiger partial charge in [0.15, 0.2) is 5.96 Å². The Balaban J connectivity index is 1.54. The minimum Gasteiger partial charge on any atom is -0.444 e. The molecule has 3 rings (SSSR count). The first-order valence-corrected chi connectivity index (χ1v) is 8.84. The molecule has 0 atom stereocenters. The Morgan fingerprint density at radius 1 is 1.12 bits per heavy atom. The summed E-state index contributed by atoms with van der Waals surface area (Å²) in [7, 11) is 1.74. The summed E-state index contributed by atoms with van der Waals surface area (Å²) in [6.07, 6.45) is 1.66. The van der Waals surface area contributed by atoms with Crippen molar-refractivity contribution in [2.75, 3.05) is 7.05 Å². The van der Waals surface area contributed by atoms with E-state index in [4.69, 9.17) is 4.42 Å². The summed E-state index contributed by atoms with van der Waals surface area (Å²) < 4.78 is 5.54. The van der Waals surface area contributed by atoms with Gasteiger partial charge in [0.2, 0.25) is 5.89 Å². The van der Waals surface area contributed by atoms with Crippen molar-refractivity contribution in [2.24, 2.45) is 4.99 Å². The number of aromatic nitrogens is 2. The minimum atomic E-state index is 0.534. The molecule has 3 aromatic rings. The van der Waals surface area contributed by atoms with Gasteiger partial charge in [0.1, 0.15) is 11.3 Å². The fraction of sp³-hybridized carbons (Fsp3) is 0.278. The molecular formula is C18H21N5OS. The number of benzene rings is 1. The monoisotopic (exact) mass is 355 g/mol. The van der Waals surface area contributed by atoms with Crippen molar-refractivity contribution >= 4 is 17.3 Å². The summed E-state index contributed by atoms with van der Waals surface area (Å²) in [5, 5.41) is 7.55. The van der Waals surface area contributed by atoms with Crippen LogP contribution in [0.15, 0.2) is 46.0 Å². The number of thiazole rings is 1. The molecule has 130 valence electrons. The number of rotatable bonds is 5. The fourth-order valence-electron chi connectivity index (χ4n) is 2.27. The van der Waals surface area contributed by atoms with Gasteiger partial charge in [-0.15, -0.1) is 11.3 Å². The lowest BCUT2D eigenvalue weighted by molar-refractivity contribution is 0.572. The van der Waals surface area contributed by atoms with Gasteiger partial charge in [0.25, 0.3) is 0 Å². The second-order valence-corrected chi connectivity index (χ2v) is 6.83. The molecule has 0 fully saturated rings. The quantitative estimate of drug-likeness (QED) is 0.543. The number of nitrogens with one attached hydrogen (secondary N) is 2. The van der Waals surface area contributed by atoms with Crippen molar-refractivity contribution in [1.29, 1.82) is 0 Å². The van der Waals surface area contributed by atoms with Crippen LogP contribution >= 0.6 is 11.3 Å². The molecule has 0 spiro atoms. The van der Waals surface area contributed by atoms with Crippen LogP contribution in [0.3, 0.4) is 0 Å². The number of oxazole rings is 1. The number of nitrogens with zero attached hydrogens (tertiary/aromatic N) is 3. The van der Waals surface area contributed by atoms with Crippen molar-refractivity contribution in [3.05, 3.63) is 57.9 Å². The maximum atomic E-state index is 5.54. The van der Waals surface area contributed by atoms with Crippen LogP contribution in [-0.2, 0) is 13.1 Å². The third-order valence-electron chi connectivity index (χ3n) is 3.71. The Hall–Kier alpha value is -2.67. The van der Waals surface area contributed by atoms with Crippen LogP contribution in [0.5, 0.6) is 0 Å². The maximum absolute atomic E-state index is 5.54. The van der Waals surface area contributed by atoms with Crippen molar-refractivity contribution in [3.63, 3.8) is 0 Å². The van der Waals surface area contributed by atoms with Gasteiger partial charge < -0.3 is 15.1 Å². The van der Waals surface area contributed by atoms with Gasteiger partial charge in [-0.05, 0) is 26.0 Å². The molecule has 0 radical (unpaired) electrons. The molecule has 0 saturated carbocycles. The molecule has 0 bridgehead atoms. The molecule has 2 heterocycles. The molecule has 0 aliphatic carbocycles. The van der Waals surface area contributed by atoms with E-state index < -0.39 is 0 Å². The summed E-state index contributed by atoms with van der Waals surface area (Å²) >= 11 is 1.70. The summed E-state index contributed by atoms with van der Waals surface area (Å²) in [5.74, 6) is 1.32. The Bertz CT molecular complexity index is 834. The van der Waals surface area contributed by atoms with E-state index in [9.17, 15) is 0 Å². The topological polar surface area (TPSA) is 75.3 Å². The molecule has 2 aromatic heterocycles. The molecule has 0 unspecified atom stereocenters. The molecule has 0 aliphatic rings. The number of guanidine groups is 1. The highest BCUT2D eigenvalue weighted by Crippen LogP contribution is 2.18. The molecule has 25 heavy (non-hydrogen) atoms. The van der Waals surface area contributed by atoms with Gasteiger partial charge in [0, 0.05) is 17.5 Å². The van der Waals surface area contributed by atoms with Gasteiger partial charge in [-0.2, -0.15) is 0 Å². The first kappa shape index (κ1) is 17.2. The minimum absolute atomic E-state index is 0.534. The lowest BCUT2D eigenvalue weighted by Crippen LogP contribution is -2.36. The Morgan fingerprint density at radius 2 is 1.88 bits per heavy atom. The van der Waals surface area contributed by atoms with E-state index in [1.54, 1.807) is 24.6 Å². The molecule has 6 nitrogen and oxygen atoms in total. The van der Waals surface area contributed by atoms with Crippen LogP contribution in [0.4, 0.5) is 0 Å². The van der Waals surface area contributed by atoms with Crippen molar-refractivity contribution in [3.8, 4) is 11.5 Å². The Kier molecular flexibility index (Phi) is 5.45. The van der Waals surface area contributed by atoms with Crippen LogP contribution in [-0.4, -0.2) is 23.0 Å². The normalized spacial score (nSPS) is 11.6. The number of hydrogen-bond acceptors (Lipinski definition) is 5. The average Bonchev–Trinajstić information content (AvgIpc) is 3.23. The number of hydrogen-bond donors (Lipinski definition) is 2. The predicted molar refractivity (Wildman–Crippen MR) is 101 cm³/mol. The predicted octanol–water partition coefficient (Wildman–Crippen LogP) is 3.28. The third-order valence-corrected chi connectivity index (χ3v) is 4.79. The summed E-state index contributed by atoms with van der Waals surface area (Å²) in [5.41, 5.74) is 2.87. The van der Waals surface area contributed by atoms with Gasteiger partial charge in [-0.1, -0.05) is 18.2 Å². The highest BCUT2D eigenvalue weighted by Gasteiger charge is 2.08. The van der Waals surface area contributed by atoms with E-state index in [1.807, 2.05) is 37.3 Å². The Morgan fingerprint density at radius 3 is 2.56 bits per heavy atom. The first-order valence-electron chi connectivity index (χ1n) is 8.03. The van der Waals surface area contributed by atoms with Crippen LogP contribution < -0.4 is 10.6 Å². The molecular weight excluding hydrogens is 334 g/mol. The zero-order chi connectivity index (χ0) is 17.6. The lowest BCUT2D eigenvalue weighted by atomic mass is 10.2. The van der Waals surface area contributed by atoms with Crippen LogP contribution in [0.1, 0.15) is 21.3 Å². The van der Waals surface area contributed by atoms with Crippen LogP contribution in [0.25, 0.3) is 11.5 Å². The van der Waals surface area contributed by atoms with Crippen molar-refractivity contribution < 1.29 is 4.42 Å². The van der Waals surface area contributed by atoms with E-state index in [1.165, 1.54) is 4.88 Å². The molecule has 7 heteroatoms. The zero-order valence-corrected chi connectivity index (χ0v) is 15.4. The van der Waals surface area contributed by atoms with Gasteiger partial charge >= 0.3 is 0 Å². The number of aryl methyl sites for hydroxylation is 2. The largest absolute Gasteiger partial charge is 0.444 e. The fourth-order valence-corrected chi connectivity index (χ4v) is 3.14. The standard InChI is InChI=1S/C18H21N5OS/c1-12-13(2)25-16(22-12)10-21-18(19-3)20-9-15-11-24-17(23-15)14-7-5-4-6-8-14/h4-8,11H,9-10H2,1-3H3,(H2,19,20,21). The summed E-state index contributed by atoms with van der Waals surface area (Å²) in [6.45, 7) is 5.29. The van der Waals surface area contributed by atoms with E-state index >= 15 is 0 Å². The molecule has 0 amide bonds. The summed E-state index contributed by atoms with van der Waals surface area (Å²) in [6, 6.07) is 9.84. The molecule has 2 N–H and O–H groups in total. The van der Waals surface area contributed by atoms with Crippen LogP contribution in [0, 0.1) is 13.8 Å². The summed E-state index contributed by atoms with van der Waals surface area (Å²) in [4.78, 5) is 14.5. The smallest absolute Gasteiger partial charge is 0.226 e. The van der Waals surface area contributed by atoms with E-state index in [0.717, 1.165) is 22.0 Å².